The highest BCUT2D eigenvalue weighted by Crippen LogP contribution is 2.28. The Hall–Kier alpha value is -4.47. The minimum Gasteiger partial charge on any atom is -0.336 e. The number of carbonyl (C=O) groups excluding carboxylic acids is 2. The number of hydrogen-bond acceptors (Lipinski definition) is 5. The van der Waals surface area contributed by atoms with Gasteiger partial charge in [-0.25, -0.2) is 9.48 Å². The molecule has 1 aliphatic rings. The number of piperazine rings is 1. The number of nitrogens with one attached hydrogen (secondary N) is 1. The maximum absolute atomic E-state index is 14.2. The second kappa shape index (κ2) is 13.9. The molecule has 3 aromatic carbocycles. The topological polar surface area (TPSA) is 77.0 Å². The third-order valence-electron chi connectivity index (χ3n) is 8.34. The number of nitrogens with zero attached hydrogens (tertiary/aromatic N) is 6. The van der Waals surface area contributed by atoms with Gasteiger partial charge in [0.05, 0.1) is 18.1 Å². The van der Waals surface area contributed by atoms with Gasteiger partial charge in [0.1, 0.15) is 5.82 Å². The average Bonchev–Trinajstić information content (AvgIpc) is 3.45. The van der Waals surface area contributed by atoms with E-state index in [4.69, 9.17) is 5.10 Å². The van der Waals surface area contributed by atoms with Gasteiger partial charge in [0.25, 0.3) is 5.91 Å². The van der Waals surface area contributed by atoms with Crippen LogP contribution in [0.25, 0.3) is 5.69 Å². The molecule has 0 aliphatic carbocycles. The summed E-state index contributed by atoms with van der Waals surface area (Å²) in [4.78, 5) is 35.5. The molecule has 4 aromatic rings. The first-order chi connectivity index (χ1) is 21.9. The van der Waals surface area contributed by atoms with Crippen molar-refractivity contribution in [2.24, 2.45) is 0 Å². The lowest BCUT2D eigenvalue weighted by atomic mass is 9.92. The predicted octanol–water partition coefficient (Wildman–Crippen LogP) is 6.30. The van der Waals surface area contributed by atoms with Crippen molar-refractivity contribution >= 4 is 23.4 Å². The fraction of sp³-hybridized carbons (Fsp3) is 0.378. The third-order valence-corrected chi connectivity index (χ3v) is 8.34. The summed E-state index contributed by atoms with van der Waals surface area (Å²) in [6.45, 7) is 14.2. The lowest BCUT2D eigenvalue weighted by Gasteiger charge is -2.38. The zero-order chi connectivity index (χ0) is 33.0. The Morgan fingerprint density at radius 2 is 1.52 bits per heavy atom. The quantitative estimate of drug-likeness (QED) is 0.250. The molecule has 0 unspecified atom stereocenters. The summed E-state index contributed by atoms with van der Waals surface area (Å²) in [6, 6.07) is 25.7. The molecule has 0 atom stereocenters. The Morgan fingerprint density at radius 3 is 2.13 bits per heavy atom. The molecule has 1 saturated heterocycles. The van der Waals surface area contributed by atoms with E-state index < -0.39 is 0 Å². The number of urea groups is 1. The largest absolute Gasteiger partial charge is 0.336 e. The van der Waals surface area contributed by atoms with Crippen LogP contribution < -0.4 is 10.2 Å². The second-order valence-electron chi connectivity index (χ2n) is 13.5. The normalized spacial score (nSPS) is 14.0. The first kappa shape index (κ1) is 32.9. The Bertz CT molecular complexity index is 1640. The zero-order valence-corrected chi connectivity index (χ0v) is 28.2. The van der Waals surface area contributed by atoms with E-state index >= 15 is 0 Å². The molecular formula is C37H47N7O2. The Labute approximate surface area is 273 Å². The van der Waals surface area contributed by atoms with E-state index in [9.17, 15) is 9.59 Å². The van der Waals surface area contributed by atoms with Crippen molar-refractivity contribution in [2.75, 3.05) is 57.2 Å². The molecule has 46 heavy (non-hydrogen) atoms. The van der Waals surface area contributed by atoms with Crippen LogP contribution in [0.5, 0.6) is 0 Å². The van der Waals surface area contributed by atoms with E-state index in [0.717, 1.165) is 34.7 Å². The highest BCUT2D eigenvalue weighted by Gasteiger charge is 2.28. The van der Waals surface area contributed by atoms with Crippen LogP contribution in [0.3, 0.4) is 0 Å². The first-order valence-corrected chi connectivity index (χ1v) is 16.0. The van der Waals surface area contributed by atoms with Gasteiger partial charge in [0, 0.05) is 55.5 Å². The van der Waals surface area contributed by atoms with E-state index in [2.05, 4.69) is 42.8 Å². The van der Waals surface area contributed by atoms with Gasteiger partial charge >= 0.3 is 6.03 Å². The molecule has 9 heteroatoms. The first-order valence-electron chi connectivity index (χ1n) is 16.0. The van der Waals surface area contributed by atoms with Crippen LogP contribution in [-0.4, -0.2) is 83.4 Å². The summed E-state index contributed by atoms with van der Waals surface area (Å²) in [5, 5.41) is 8.09. The Morgan fingerprint density at radius 1 is 0.870 bits per heavy atom. The molecule has 2 heterocycles. The van der Waals surface area contributed by atoms with Crippen molar-refractivity contribution in [1.82, 2.24) is 24.5 Å². The summed E-state index contributed by atoms with van der Waals surface area (Å²) >= 11 is 0. The van der Waals surface area contributed by atoms with Gasteiger partial charge in [-0.1, -0.05) is 68.8 Å². The molecule has 5 rings (SSSR count). The van der Waals surface area contributed by atoms with E-state index in [-0.39, 0.29) is 17.4 Å². The maximum Gasteiger partial charge on any atom is 0.328 e. The summed E-state index contributed by atoms with van der Waals surface area (Å²) in [6.07, 6.45) is 0. The maximum atomic E-state index is 14.2. The van der Waals surface area contributed by atoms with Gasteiger partial charge in [0.15, 0.2) is 0 Å². The molecule has 242 valence electrons. The molecule has 1 fully saturated rings. The fourth-order valence-electron chi connectivity index (χ4n) is 5.61. The number of para-hydroxylation sites is 1. The molecule has 0 spiro atoms. The average molecular weight is 622 g/mol. The van der Waals surface area contributed by atoms with E-state index in [0.29, 0.717) is 44.2 Å². The summed E-state index contributed by atoms with van der Waals surface area (Å²) in [7, 11) is 4.07. The highest BCUT2D eigenvalue weighted by atomic mass is 16.2. The van der Waals surface area contributed by atoms with Crippen molar-refractivity contribution in [3.05, 3.63) is 107 Å². The number of rotatable bonds is 8. The van der Waals surface area contributed by atoms with Crippen LogP contribution >= 0.6 is 0 Å². The monoisotopic (exact) mass is 621 g/mol. The smallest absolute Gasteiger partial charge is 0.328 e. The van der Waals surface area contributed by atoms with E-state index in [1.165, 1.54) is 5.56 Å². The minimum absolute atomic E-state index is 0.0450. The van der Waals surface area contributed by atoms with Crippen LogP contribution in [0.15, 0.2) is 78.9 Å². The number of benzene rings is 3. The number of anilines is 2. The number of amides is 3. The number of aromatic nitrogens is 2. The van der Waals surface area contributed by atoms with E-state index in [1.807, 2.05) is 109 Å². The van der Waals surface area contributed by atoms with Crippen molar-refractivity contribution in [3.63, 3.8) is 0 Å². The van der Waals surface area contributed by atoms with Crippen LogP contribution in [0, 0.1) is 13.8 Å². The van der Waals surface area contributed by atoms with Crippen LogP contribution in [0.1, 0.15) is 53.5 Å². The SMILES string of the molecule is Cc1ccc(-n2nc(C(C)(C)C)cc2NC(=O)N(CN2CCN(C(=O)c3ccc(CN(C)C)cc3)CC2)c2ccccc2C)cc1. The van der Waals surface area contributed by atoms with Crippen LogP contribution in [0.2, 0.25) is 0 Å². The van der Waals surface area contributed by atoms with Crippen molar-refractivity contribution in [3.8, 4) is 5.69 Å². The fourth-order valence-corrected chi connectivity index (χ4v) is 5.61. The van der Waals surface area contributed by atoms with Crippen molar-refractivity contribution in [1.29, 1.82) is 0 Å². The molecule has 1 aliphatic heterocycles. The molecule has 0 radical (unpaired) electrons. The van der Waals surface area contributed by atoms with Gasteiger partial charge in [-0.2, -0.15) is 5.10 Å². The summed E-state index contributed by atoms with van der Waals surface area (Å²) < 4.78 is 1.81. The Balaban J connectivity index is 1.32. The lowest BCUT2D eigenvalue weighted by molar-refractivity contribution is 0.0639. The highest BCUT2D eigenvalue weighted by molar-refractivity contribution is 6.02. The van der Waals surface area contributed by atoms with Gasteiger partial charge in [0.2, 0.25) is 0 Å². The molecule has 0 bridgehead atoms. The van der Waals surface area contributed by atoms with Gasteiger partial charge < -0.3 is 9.80 Å². The van der Waals surface area contributed by atoms with Crippen LogP contribution in [0.4, 0.5) is 16.3 Å². The summed E-state index contributed by atoms with van der Waals surface area (Å²) in [5.74, 6) is 0.660. The molecular weight excluding hydrogens is 574 g/mol. The molecule has 3 amide bonds. The molecule has 9 nitrogen and oxygen atoms in total. The van der Waals surface area contributed by atoms with Crippen molar-refractivity contribution in [2.45, 2.75) is 46.6 Å². The molecule has 1 N–H and O–H groups in total. The number of carbonyl (C=O) groups is 2. The molecule has 1 aromatic heterocycles. The lowest BCUT2D eigenvalue weighted by Crippen LogP contribution is -2.53. The Kier molecular flexibility index (Phi) is 9.94. The van der Waals surface area contributed by atoms with Crippen molar-refractivity contribution < 1.29 is 9.59 Å². The standard InChI is InChI=1S/C37H47N7O2/c1-27-12-18-31(19-13-27)44-34(24-33(39-44)37(3,4)5)38-36(46)43(32-11-9-8-10-28(32)2)26-41-20-22-42(23-21-41)35(45)30-16-14-29(15-17-30)25-40(6)7/h8-19,24H,20-23,25-26H2,1-7H3,(H,38,46). The second-order valence-corrected chi connectivity index (χ2v) is 13.5. The third kappa shape index (κ3) is 7.84. The zero-order valence-electron chi connectivity index (χ0n) is 28.2. The minimum atomic E-state index is -0.237. The summed E-state index contributed by atoms with van der Waals surface area (Å²) in [5.41, 5.74) is 6.46. The van der Waals surface area contributed by atoms with E-state index in [1.54, 1.807) is 4.90 Å². The number of hydrogen-bond donors (Lipinski definition) is 1. The van der Waals surface area contributed by atoms with Crippen LogP contribution in [-0.2, 0) is 12.0 Å². The molecule has 0 saturated carbocycles. The van der Waals surface area contributed by atoms with Gasteiger partial charge in [-0.3, -0.25) is 19.9 Å². The van der Waals surface area contributed by atoms with Gasteiger partial charge in [-0.15, -0.1) is 0 Å². The predicted molar refractivity (Wildman–Crippen MR) is 186 cm³/mol. The van der Waals surface area contributed by atoms with Gasteiger partial charge in [-0.05, 0) is 69.4 Å². The number of aryl methyl sites for hydroxylation is 2.